The van der Waals surface area contributed by atoms with E-state index in [0.717, 1.165) is 12.8 Å². The molecule has 1 aliphatic carbocycles. The van der Waals surface area contributed by atoms with E-state index in [-0.39, 0.29) is 5.69 Å². The van der Waals surface area contributed by atoms with Crippen molar-refractivity contribution in [3.63, 3.8) is 0 Å². The van der Waals surface area contributed by atoms with Crippen molar-refractivity contribution in [1.29, 1.82) is 0 Å². The summed E-state index contributed by atoms with van der Waals surface area (Å²) >= 11 is 0. The monoisotopic (exact) mass is 235 g/mol. The van der Waals surface area contributed by atoms with Gasteiger partial charge in [-0.2, -0.15) is 0 Å². The van der Waals surface area contributed by atoms with Crippen LogP contribution in [0.25, 0.3) is 0 Å². The van der Waals surface area contributed by atoms with E-state index in [1.54, 1.807) is 6.20 Å². The van der Waals surface area contributed by atoms with Gasteiger partial charge in [-0.15, -0.1) is 0 Å². The van der Waals surface area contributed by atoms with Gasteiger partial charge in [-0.1, -0.05) is 19.3 Å². The first-order valence-electron chi connectivity index (χ1n) is 5.97. The summed E-state index contributed by atoms with van der Waals surface area (Å²) in [4.78, 5) is 21.1. The average molecular weight is 235 g/mol. The Bertz CT molecular complexity index is 402. The first kappa shape index (κ1) is 11.8. The zero-order valence-corrected chi connectivity index (χ0v) is 9.96. The van der Waals surface area contributed by atoms with Crippen LogP contribution < -0.4 is 4.90 Å². The van der Waals surface area contributed by atoms with Crippen molar-refractivity contribution in [2.75, 3.05) is 11.9 Å². The molecule has 0 saturated heterocycles. The van der Waals surface area contributed by atoms with Crippen molar-refractivity contribution in [3.05, 3.63) is 18.1 Å². The van der Waals surface area contributed by atoms with E-state index in [4.69, 9.17) is 5.11 Å². The molecule has 0 amide bonds. The summed E-state index contributed by atoms with van der Waals surface area (Å²) in [5, 5.41) is 9.08. The van der Waals surface area contributed by atoms with Gasteiger partial charge in [0.1, 0.15) is 0 Å². The highest BCUT2D eigenvalue weighted by molar-refractivity contribution is 5.90. The van der Waals surface area contributed by atoms with E-state index in [0.29, 0.717) is 11.9 Å². The van der Waals surface area contributed by atoms with E-state index >= 15 is 0 Å². The molecule has 0 unspecified atom stereocenters. The third-order valence-corrected chi connectivity index (χ3v) is 3.34. The zero-order chi connectivity index (χ0) is 12.3. The Hall–Kier alpha value is -1.65. The fraction of sp³-hybridized carbons (Fsp3) is 0.583. The van der Waals surface area contributed by atoms with Gasteiger partial charge in [-0.05, 0) is 12.8 Å². The standard InChI is InChI=1S/C12H17N3O2/c1-15(9-5-3-2-4-6-9)11-10(12(16)17)13-7-8-14-11/h7-9H,2-6H2,1H3,(H,16,17). The summed E-state index contributed by atoms with van der Waals surface area (Å²) in [5.41, 5.74) is 0.0422. The molecule has 1 aliphatic rings. The highest BCUT2D eigenvalue weighted by Crippen LogP contribution is 2.26. The quantitative estimate of drug-likeness (QED) is 0.867. The van der Waals surface area contributed by atoms with Crippen molar-refractivity contribution in [2.24, 2.45) is 0 Å². The van der Waals surface area contributed by atoms with Crippen molar-refractivity contribution in [1.82, 2.24) is 9.97 Å². The second-order valence-electron chi connectivity index (χ2n) is 4.44. The lowest BCUT2D eigenvalue weighted by Crippen LogP contribution is -2.35. The zero-order valence-electron chi connectivity index (χ0n) is 9.96. The van der Waals surface area contributed by atoms with Crippen LogP contribution in [-0.4, -0.2) is 34.1 Å². The number of aromatic nitrogens is 2. The molecule has 5 heteroatoms. The molecule has 1 aromatic heterocycles. The normalized spacial score (nSPS) is 16.8. The van der Waals surface area contributed by atoms with Crippen molar-refractivity contribution in [3.8, 4) is 0 Å². The number of carboxylic acids is 1. The summed E-state index contributed by atoms with van der Waals surface area (Å²) in [6, 6.07) is 0.388. The average Bonchev–Trinajstić information content (AvgIpc) is 2.39. The largest absolute Gasteiger partial charge is 0.476 e. The molecule has 1 fully saturated rings. The maximum atomic E-state index is 11.1. The summed E-state index contributed by atoms with van der Waals surface area (Å²) in [5.74, 6) is -0.539. The second kappa shape index (κ2) is 5.12. The van der Waals surface area contributed by atoms with Gasteiger partial charge in [0.2, 0.25) is 0 Å². The van der Waals surface area contributed by atoms with Crippen molar-refractivity contribution >= 4 is 11.8 Å². The summed E-state index contributed by atoms with van der Waals surface area (Å²) < 4.78 is 0. The SMILES string of the molecule is CN(c1nccnc1C(=O)O)C1CCCCC1. The minimum atomic E-state index is -1.02. The van der Waals surface area contributed by atoms with Gasteiger partial charge >= 0.3 is 5.97 Å². The van der Waals surface area contributed by atoms with Gasteiger partial charge in [0.25, 0.3) is 0 Å². The van der Waals surface area contributed by atoms with E-state index in [1.165, 1.54) is 25.5 Å². The molecule has 1 N–H and O–H groups in total. The Morgan fingerprint density at radius 3 is 2.59 bits per heavy atom. The molecule has 2 rings (SSSR count). The summed E-state index contributed by atoms with van der Waals surface area (Å²) in [7, 11) is 1.91. The predicted molar refractivity (Wildman–Crippen MR) is 64.3 cm³/mol. The Balaban J connectivity index is 2.23. The summed E-state index contributed by atoms with van der Waals surface area (Å²) in [6.07, 6.45) is 8.85. The molecule has 1 saturated carbocycles. The molecule has 1 heterocycles. The van der Waals surface area contributed by atoms with Gasteiger partial charge in [-0.3, -0.25) is 0 Å². The van der Waals surface area contributed by atoms with Crippen LogP contribution in [0, 0.1) is 0 Å². The van der Waals surface area contributed by atoms with Crippen LogP contribution >= 0.6 is 0 Å². The van der Waals surface area contributed by atoms with Crippen LogP contribution in [0.15, 0.2) is 12.4 Å². The molecule has 17 heavy (non-hydrogen) atoms. The third-order valence-electron chi connectivity index (χ3n) is 3.34. The molecular formula is C12H17N3O2. The first-order valence-corrected chi connectivity index (χ1v) is 5.97. The number of hydrogen-bond donors (Lipinski definition) is 1. The number of aromatic carboxylic acids is 1. The fourth-order valence-electron chi connectivity index (χ4n) is 2.38. The van der Waals surface area contributed by atoms with E-state index in [2.05, 4.69) is 9.97 Å². The molecule has 0 atom stereocenters. The number of carboxylic acid groups (broad SMARTS) is 1. The molecule has 0 aromatic carbocycles. The lowest BCUT2D eigenvalue weighted by atomic mass is 9.94. The lowest BCUT2D eigenvalue weighted by molar-refractivity contribution is 0.0690. The number of anilines is 1. The minimum absolute atomic E-state index is 0.0422. The van der Waals surface area contributed by atoms with Gasteiger partial charge in [-0.25, -0.2) is 14.8 Å². The van der Waals surface area contributed by atoms with Crippen LogP contribution in [0.1, 0.15) is 42.6 Å². The van der Waals surface area contributed by atoms with Crippen LogP contribution in [0.4, 0.5) is 5.82 Å². The van der Waals surface area contributed by atoms with E-state index < -0.39 is 5.97 Å². The van der Waals surface area contributed by atoms with Crippen LogP contribution in [0.3, 0.4) is 0 Å². The number of hydrogen-bond acceptors (Lipinski definition) is 4. The van der Waals surface area contributed by atoms with Gasteiger partial charge in [0.15, 0.2) is 11.5 Å². The predicted octanol–water partition coefficient (Wildman–Crippen LogP) is 1.94. The van der Waals surface area contributed by atoms with E-state index in [1.807, 2.05) is 11.9 Å². The maximum absolute atomic E-state index is 11.1. The van der Waals surface area contributed by atoms with Crippen LogP contribution in [-0.2, 0) is 0 Å². The lowest BCUT2D eigenvalue weighted by Gasteiger charge is -2.32. The Kier molecular flexibility index (Phi) is 3.56. The minimum Gasteiger partial charge on any atom is -0.476 e. The number of carbonyl (C=O) groups is 1. The topological polar surface area (TPSA) is 66.3 Å². The van der Waals surface area contributed by atoms with Gasteiger partial charge in [0, 0.05) is 25.5 Å². The fourth-order valence-corrected chi connectivity index (χ4v) is 2.38. The third kappa shape index (κ3) is 2.54. The number of rotatable bonds is 3. The Labute approximate surface area is 100 Å². The molecule has 92 valence electrons. The molecule has 0 spiro atoms. The van der Waals surface area contributed by atoms with Crippen LogP contribution in [0.2, 0.25) is 0 Å². The van der Waals surface area contributed by atoms with Crippen molar-refractivity contribution in [2.45, 2.75) is 38.1 Å². The van der Waals surface area contributed by atoms with Gasteiger partial charge in [0.05, 0.1) is 0 Å². The number of nitrogens with zero attached hydrogens (tertiary/aromatic N) is 3. The van der Waals surface area contributed by atoms with Gasteiger partial charge < -0.3 is 10.0 Å². The molecule has 0 bridgehead atoms. The molecule has 0 aliphatic heterocycles. The molecule has 0 radical (unpaired) electrons. The highest BCUT2D eigenvalue weighted by atomic mass is 16.4. The first-order chi connectivity index (χ1) is 8.20. The smallest absolute Gasteiger partial charge is 0.358 e. The second-order valence-corrected chi connectivity index (χ2v) is 4.44. The van der Waals surface area contributed by atoms with Crippen molar-refractivity contribution < 1.29 is 9.90 Å². The van der Waals surface area contributed by atoms with Crippen LogP contribution in [0.5, 0.6) is 0 Å². The molecule has 5 nitrogen and oxygen atoms in total. The molecule has 1 aromatic rings. The summed E-state index contributed by atoms with van der Waals surface area (Å²) in [6.45, 7) is 0. The highest BCUT2D eigenvalue weighted by Gasteiger charge is 2.23. The van der Waals surface area contributed by atoms with E-state index in [9.17, 15) is 4.79 Å². The Morgan fingerprint density at radius 1 is 1.29 bits per heavy atom. The maximum Gasteiger partial charge on any atom is 0.358 e. The molecular weight excluding hydrogens is 218 g/mol. The Morgan fingerprint density at radius 2 is 1.94 bits per heavy atom.